The monoisotopic (exact) mass is 266 g/mol. The number of nitrogens with one attached hydrogen (secondary N) is 1. The minimum Gasteiger partial charge on any atom is -0.396 e. The highest BCUT2D eigenvalue weighted by Crippen LogP contribution is 2.20. The quantitative estimate of drug-likeness (QED) is 0.788. The first-order valence-electron chi connectivity index (χ1n) is 5.59. The second kappa shape index (κ2) is 5.43. The number of sulfonamides is 1. The van der Waals surface area contributed by atoms with Gasteiger partial charge < -0.3 is 5.11 Å². The third kappa shape index (κ3) is 2.66. The number of hydrogen-bond donors (Lipinski definition) is 2. The van der Waals surface area contributed by atoms with Crippen LogP contribution in [0.5, 0.6) is 0 Å². The number of aliphatic hydroxyl groups is 1. The molecule has 5 nitrogen and oxygen atoms in total. The summed E-state index contributed by atoms with van der Waals surface area (Å²) in [5.74, 6) is 0. The molecule has 1 aromatic heterocycles. The first kappa shape index (κ1) is 12.9. The highest BCUT2D eigenvalue weighted by molar-refractivity contribution is 7.89. The predicted octanol–water partition coefficient (Wildman–Crippen LogP) is 0.895. The Bertz CT molecular complexity index is 635. The fourth-order valence-corrected chi connectivity index (χ4v) is 2.91. The van der Waals surface area contributed by atoms with E-state index in [2.05, 4.69) is 9.71 Å². The molecule has 0 saturated carbocycles. The maximum atomic E-state index is 12.1. The zero-order valence-corrected chi connectivity index (χ0v) is 10.5. The summed E-state index contributed by atoms with van der Waals surface area (Å²) in [5, 5.41) is 9.44. The lowest BCUT2D eigenvalue weighted by Crippen LogP contribution is -2.25. The van der Waals surface area contributed by atoms with Crippen LogP contribution in [0, 0.1) is 0 Å². The molecule has 0 aliphatic carbocycles. The maximum absolute atomic E-state index is 12.1. The Morgan fingerprint density at radius 1 is 1.22 bits per heavy atom. The van der Waals surface area contributed by atoms with Gasteiger partial charge in [0.15, 0.2) is 0 Å². The summed E-state index contributed by atoms with van der Waals surface area (Å²) >= 11 is 0. The second-order valence-corrected chi connectivity index (χ2v) is 5.54. The van der Waals surface area contributed by atoms with Crippen molar-refractivity contribution in [2.75, 3.05) is 13.2 Å². The number of aliphatic hydroxyl groups excluding tert-OH is 1. The van der Waals surface area contributed by atoms with Crippen LogP contribution < -0.4 is 4.72 Å². The van der Waals surface area contributed by atoms with E-state index in [-0.39, 0.29) is 18.0 Å². The summed E-state index contributed by atoms with van der Waals surface area (Å²) in [4.78, 5) is 4.27. The number of para-hydroxylation sites is 1. The molecule has 1 heterocycles. The van der Waals surface area contributed by atoms with Gasteiger partial charge in [-0.3, -0.25) is 4.98 Å². The average molecular weight is 266 g/mol. The van der Waals surface area contributed by atoms with Crippen LogP contribution >= 0.6 is 0 Å². The molecule has 0 atom stereocenters. The van der Waals surface area contributed by atoms with Crippen LogP contribution in [0.2, 0.25) is 0 Å². The molecule has 0 fully saturated rings. The zero-order chi connectivity index (χ0) is 13.0. The van der Waals surface area contributed by atoms with Crippen molar-refractivity contribution in [3.05, 3.63) is 36.5 Å². The molecule has 0 radical (unpaired) electrons. The Morgan fingerprint density at radius 2 is 2.00 bits per heavy atom. The number of rotatable bonds is 5. The summed E-state index contributed by atoms with van der Waals surface area (Å²) in [6, 6.07) is 8.60. The van der Waals surface area contributed by atoms with Gasteiger partial charge in [-0.1, -0.05) is 18.2 Å². The van der Waals surface area contributed by atoms with Crippen molar-refractivity contribution in [2.24, 2.45) is 0 Å². The highest BCUT2D eigenvalue weighted by atomic mass is 32.2. The molecule has 0 unspecified atom stereocenters. The van der Waals surface area contributed by atoms with E-state index in [0.717, 1.165) is 5.39 Å². The molecule has 0 spiro atoms. The summed E-state index contributed by atoms with van der Waals surface area (Å²) in [6.45, 7) is 0.165. The van der Waals surface area contributed by atoms with E-state index in [9.17, 15) is 8.42 Å². The van der Waals surface area contributed by atoms with Crippen LogP contribution in [0.4, 0.5) is 0 Å². The van der Waals surface area contributed by atoms with E-state index < -0.39 is 10.0 Å². The molecule has 0 amide bonds. The molecule has 1 aromatic carbocycles. The largest absolute Gasteiger partial charge is 0.396 e. The summed E-state index contributed by atoms with van der Waals surface area (Å²) in [6.07, 6.45) is 1.95. The Hall–Kier alpha value is -1.50. The average Bonchev–Trinajstić information content (AvgIpc) is 2.38. The van der Waals surface area contributed by atoms with E-state index in [1.54, 1.807) is 18.3 Å². The van der Waals surface area contributed by atoms with Crippen LogP contribution in [0.15, 0.2) is 41.4 Å². The number of nitrogens with zero attached hydrogens (tertiary/aromatic N) is 1. The van der Waals surface area contributed by atoms with Gasteiger partial charge in [-0.15, -0.1) is 0 Å². The molecule has 0 saturated heterocycles. The zero-order valence-electron chi connectivity index (χ0n) is 9.70. The summed E-state index contributed by atoms with van der Waals surface area (Å²) < 4.78 is 26.6. The van der Waals surface area contributed by atoms with Crippen molar-refractivity contribution in [1.29, 1.82) is 0 Å². The van der Waals surface area contributed by atoms with E-state index in [1.165, 1.54) is 6.07 Å². The van der Waals surface area contributed by atoms with Crippen LogP contribution in [0.1, 0.15) is 6.42 Å². The van der Waals surface area contributed by atoms with Crippen LogP contribution in [0.3, 0.4) is 0 Å². The standard InChI is InChI=1S/C12H14N2O3S/c15-9-3-8-14-18(16,17)11-6-1-4-10-5-2-7-13-12(10)11/h1-2,4-7,14-15H,3,8-9H2. The predicted molar refractivity (Wildman–Crippen MR) is 68.6 cm³/mol. The van der Waals surface area contributed by atoms with Gasteiger partial charge in [0.2, 0.25) is 10.0 Å². The van der Waals surface area contributed by atoms with Crippen molar-refractivity contribution >= 4 is 20.9 Å². The van der Waals surface area contributed by atoms with Crippen molar-refractivity contribution in [3.8, 4) is 0 Å². The molecule has 2 rings (SSSR count). The number of pyridine rings is 1. The molecule has 0 aliphatic heterocycles. The number of hydrogen-bond acceptors (Lipinski definition) is 4. The normalized spacial score (nSPS) is 11.8. The minimum atomic E-state index is -3.58. The molecule has 2 aromatic rings. The molecule has 0 bridgehead atoms. The third-order valence-electron chi connectivity index (χ3n) is 2.51. The molecular formula is C12H14N2O3S. The van der Waals surface area contributed by atoms with Crippen LogP contribution in [0.25, 0.3) is 10.9 Å². The lowest BCUT2D eigenvalue weighted by molar-refractivity contribution is 0.289. The second-order valence-electron chi connectivity index (χ2n) is 3.81. The fourth-order valence-electron chi connectivity index (χ4n) is 1.66. The Kier molecular flexibility index (Phi) is 3.90. The van der Waals surface area contributed by atoms with Crippen molar-refractivity contribution in [3.63, 3.8) is 0 Å². The van der Waals surface area contributed by atoms with E-state index >= 15 is 0 Å². The fraction of sp³-hybridized carbons (Fsp3) is 0.250. The van der Waals surface area contributed by atoms with Gasteiger partial charge in [0.1, 0.15) is 4.90 Å². The minimum absolute atomic E-state index is 0.0453. The van der Waals surface area contributed by atoms with Gasteiger partial charge in [-0.2, -0.15) is 0 Å². The number of aromatic nitrogens is 1. The third-order valence-corrected chi connectivity index (χ3v) is 4.00. The molecule has 2 N–H and O–H groups in total. The first-order chi connectivity index (χ1) is 8.65. The number of benzene rings is 1. The highest BCUT2D eigenvalue weighted by Gasteiger charge is 2.16. The Morgan fingerprint density at radius 3 is 2.78 bits per heavy atom. The van der Waals surface area contributed by atoms with Gasteiger partial charge in [0.25, 0.3) is 0 Å². The first-order valence-corrected chi connectivity index (χ1v) is 7.08. The number of fused-ring (bicyclic) bond motifs is 1. The summed E-state index contributed by atoms with van der Waals surface area (Å²) in [7, 11) is -3.58. The lowest BCUT2D eigenvalue weighted by Gasteiger charge is -2.08. The van der Waals surface area contributed by atoms with Gasteiger partial charge in [0.05, 0.1) is 5.52 Å². The molecular weight excluding hydrogens is 252 g/mol. The van der Waals surface area contributed by atoms with Crippen molar-refractivity contribution in [1.82, 2.24) is 9.71 Å². The molecule has 6 heteroatoms. The molecule has 18 heavy (non-hydrogen) atoms. The van der Waals surface area contributed by atoms with Crippen molar-refractivity contribution < 1.29 is 13.5 Å². The van der Waals surface area contributed by atoms with E-state index in [0.29, 0.717) is 11.9 Å². The van der Waals surface area contributed by atoms with Crippen LogP contribution in [-0.2, 0) is 10.0 Å². The van der Waals surface area contributed by atoms with Gasteiger partial charge in [0, 0.05) is 24.7 Å². The van der Waals surface area contributed by atoms with Crippen LogP contribution in [-0.4, -0.2) is 31.7 Å². The van der Waals surface area contributed by atoms with Gasteiger partial charge in [-0.05, 0) is 18.6 Å². The van der Waals surface area contributed by atoms with E-state index in [1.807, 2.05) is 12.1 Å². The van der Waals surface area contributed by atoms with E-state index in [4.69, 9.17) is 5.11 Å². The molecule has 96 valence electrons. The van der Waals surface area contributed by atoms with Crippen molar-refractivity contribution in [2.45, 2.75) is 11.3 Å². The Labute approximate surface area is 106 Å². The molecule has 0 aliphatic rings. The van der Waals surface area contributed by atoms with Gasteiger partial charge in [-0.25, -0.2) is 13.1 Å². The summed E-state index contributed by atoms with van der Waals surface area (Å²) in [5.41, 5.74) is 0.455. The smallest absolute Gasteiger partial charge is 0.242 e. The Balaban J connectivity index is 2.41. The maximum Gasteiger partial charge on any atom is 0.242 e. The van der Waals surface area contributed by atoms with Gasteiger partial charge >= 0.3 is 0 Å². The lowest BCUT2D eigenvalue weighted by atomic mass is 10.2. The SMILES string of the molecule is O=S(=O)(NCCCO)c1cccc2cccnc12. The topological polar surface area (TPSA) is 79.3 Å².